The Kier molecular flexibility index (Phi) is 5.55. The van der Waals surface area contributed by atoms with Crippen LogP contribution >= 0.6 is 12.2 Å². The van der Waals surface area contributed by atoms with E-state index in [2.05, 4.69) is 21.6 Å². The minimum absolute atomic E-state index is 0.244. The number of benzene rings is 2. The van der Waals surface area contributed by atoms with Gasteiger partial charge < -0.3 is 15.0 Å². The van der Waals surface area contributed by atoms with Crippen molar-refractivity contribution in [2.45, 2.75) is 18.9 Å². The van der Waals surface area contributed by atoms with E-state index in [-0.39, 0.29) is 12.5 Å². The molecule has 2 aromatic carbocycles. The molecule has 150 valence electrons. The fourth-order valence-corrected chi connectivity index (χ4v) is 3.63. The van der Waals surface area contributed by atoms with Gasteiger partial charge >= 0.3 is 0 Å². The Morgan fingerprint density at radius 1 is 1.30 bits per heavy atom. The smallest absolute Gasteiger partial charge is 0.268 e. The van der Waals surface area contributed by atoms with E-state index in [0.29, 0.717) is 29.1 Å². The number of likely N-dealkylation sites (N-methyl/N-ethyl adjacent to an activating group) is 1. The van der Waals surface area contributed by atoms with Gasteiger partial charge in [0.05, 0.1) is 23.0 Å². The zero-order valence-electron chi connectivity index (χ0n) is 16.3. The lowest BCUT2D eigenvalue weighted by molar-refractivity contribution is -0.115. The third-order valence-corrected chi connectivity index (χ3v) is 5.53. The fraction of sp³-hybridized carbons (Fsp3) is 0.227. The van der Waals surface area contributed by atoms with Crippen molar-refractivity contribution in [2.75, 3.05) is 18.6 Å². The maximum atomic E-state index is 12.8. The van der Waals surface area contributed by atoms with Gasteiger partial charge in [-0.05, 0) is 29.8 Å². The van der Waals surface area contributed by atoms with Gasteiger partial charge in [0.2, 0.25) is 0 Å². The van der Waals surface area contributed by atoms with Crippen LogP contribution in [-0.4, -0.2) is 42.0 Å². The molecule has 0 aromatic heterocycles. The molecule has 1 amide bonds. The normalized spacial score (nSPS) is 17.8. The minimum atomic E-state index is -0.455. The quantitative estimate of drug-likeness (QED) is 0.773. The van der Waals surface area contributed by atoms with Gasteiger partial charge in [0, 0.05) is 19.9 Å². The van der Waals surface area contributed by atoms with Crippen molar-refractivity contribution in [1.29, 1.82) is 5.26 Å². The van der Waals surface area contributed by atoms with E-state index < -0.39 is 6.04 Å². The predicted molar refractivity (Wildman–Crippen MR) is 119 cm³/mol. The zero-order valence-corrected chi connectivity index (χ0v) is 17.1. The first kappa shape index (κ1) is 19.7. The molecule has 2 aromatic rings. The molecule has 8 heteroatoms. The molecule has 30 heavy (non-hydrogen) atoms. The van der Waals surface area contributed by atoms with E-state index in [1.54, 1.807) is 6.07 Å². The Morgan fingerprint density at radius 2 is 2.13 bits per heavy atom. The molecule has 1 atom stereocenters. The topological polar surface area (TPSA) is 90.1 Å². The van der Waals surface area contributed by atoms with Gasteiger partial charge in [-0.1, -0.05) is 36.5 Å². The lowest BCUT2D eigenvalue weighted by Crippen LogP contribution is -2.50. The summed E-state index contributed by atoms with van der Waals surface area (Å²) in [5.41, 5.74) is 3.54. The number of para-hydroxylation sites is 2. The maximum Gasteiger partial charge on any atom is 0.268 e. The van der Waals surface area contributed by atoms with Crippen LogP contribution in [0, 0.1) is 11.3 Å². The first-order valence-electron chi connectivity index (χ1n) is 9.46. The van der Waals surface area contributed by atoms with Crippen LogP contribution in [0.3, 0.4) is 0 Å². The van der Waals surface area contributed by atoms with Crippen LogP contribution in [0.4, 0.5) is 5.69 Å². The largest absolute Gasteiger partial charge is 0.489 e. The number of rotatable bonds is 4. The van der Waals surface area contributed by atoms with Crippen molar-refractivity contribution >= 4 is 40.2 Å². The standard InChI is InChI=1S/C22H19N5O2S/c1-27-19-7-2-3-8-20(19)29-13-18(22(27)30)24-21(28)17-11-16(25-26-17)10-14-5-4-6-15(9-14)12-23/h2-9,18H,10-11,13H2,1H3,(H,24,28)/t18-/m0/s1. The average Bonchev–Trinajstić information content (AvgIpc) is 3.20. The number of anilines is 1. The van der Waals surface area contributed by atoms with Gasteiger partial charge in [-0.25, -0.2) is 0 Å². The molecule has 0 saturated carbocycles. The third-order valence-electron chi connectivity index (χ3n) is 4.98. The molecule has 0 fully saturated rings. The van der Waals surface area contributed by atoms with E-state index >= 15 is 0 Å². The Labute approximate surface area is 179 Å². The van der Waals surface area contributed by atoms with Crippen LogP contribution in [0.2, 0.25) is 0 Å². The van der Waals surface area contributed by atoms with Crippen molar-refractivity contribution in [3.05, 3.63) is 59.7 Å². The van der Waals surface area contributed by atoms with Gasteiger partial charge in [-0.2, -0.15) is 10.4 Å². The Hall–Kier alpha value is -3.57. The average molecular weight is 417 g/mol. The SMILES string of the molecule is CN1C(=S)[C@@H](NC(=O)C2=NN=C(Cc3cccc(C#N)c3)C2)COc2ccccc21. The Bertz CT molecular complexity index is 1120. The molecule has 0 spiro atoms. The van der Waals surface area contributed by atoms with Gasteiger partial charge in [-0.15, -0.1) is 5.10 Å². The summed E-state index contributed by atoms with van der Waals surface area (Å²) in [6.07, 6.45) is 0.901. The summed E-state index contributed by atoms with van der Waals surface area (Å²) in [7, 11) is 1.86. The highest BCUT2D eigenvalue weighted by Gasteiger charge is 2.29. The highest BCUT2D eigenvalue weighted by Crippen LogP contribution is 2.30. The lowest BCUT2D eigenvalue weighted by atomic mass is 10.0. The monoisotopic (exact) mass is 417 g/mol. The number of amides is 1. The van der Waals surface area contributed by atoms with Crippen molar-refractivity contribution in [1.82, 2.24) is 5.32 Å². The van der Waals surface area contributed by atoms with Crippen molar-refractivity contribution in [3.8, 4) is 11.8 Å². The summed E-state index contributed by atoms with van der Waals surface area (Å²) >= 11 is 5.58. The van der Waals surface area contributed by atoms with E-state index in [9.17, 15) is 4.79 Å². The van der Waals surface area contributed by atoms with Gasteiger partial charge in [-0.3, -0.25) is 4.79 Å². The second kappa shape index (κ2) is 8.43. The van der Waals surface area contributed by atoms with Crippen LogP contribution in [0.5, 0.6) is 5.75 Å². The summed E-state index contributed by atoms with van der Waals surface area (Å²) in [5, 5.41) is 20.2. The number of hydrogen-bond donors (Lipinski definition) is 1. The first-order chi connectivity index (χ1) is 14.5. The molecule has 0 saturated heterocycles. The number of thiocarbonyl (C=S) groups is 1. The predicted octanol–water partition coefficient (Wildman–Crippen LogP) is 2.64. The highest BCUT2D eigenvalue weighted by atomic mass is 32.1. The van der Waals surface area contributed by atoms with Crippen molar-refractivity contribution < 1.29 is 9.53 Å². The van der Waals surface area contributed by atoms with E-state index in [4.69, 9.17) is 22.2 Å². The second-order valence-corrected chi connectivity index (χ2v) is 7.50. The van der Waals surface area contributed by atoms with E-state index in [1.165, 1.54) is 0 Å². The second-order valence-electron chi connectivity index (χ2n) is 7.08. The number of carbonyl (C=O) groups excluding carboxylic acids is 1. The molecule has 4 rings (SSSR count). The number of nitriles is 1. The van der Waals surface area contributed by atoms with Gasteiger partial charge in [0.15, 0.2) is 0 Å². The highest BCUT2D eigenvalue weighted by molar-refractivity contribution is 7.80. The summed E-state index contributed by atoms with van der Waals surface area (Å²) in [5.74, 6) is 0.414. The number of nitrogens with one attached hydrogen (secondary N) is 1. The van der Waals surface area contributed by atoms with Crippen LogP contribution < -0.4 is 15.0 Å². The van der Waals surface area contributed by atoms with Crippen LogP contribution in [0.25, 0.3) is 0 Å². The summed E-state index contributed by atoms with van der Waals surface area (Å²) in [6.45, 7) is 0.244. The molecule has 2 heterocycles. The minimum Gasteiger partial charge on any atom is -0.489 e. The van der Waals surface area contributed by atoms with Crippen LogP contribution in [0.1, 0.15) is 17.5 Å². The number of fused-ring (bicyclic) bond motifs is 1. The van der Waals surface area contributed by atoms with Gasteiger partial charge in [0.1, 0.15) is 29.1 Å². The number of nitrogens with zero attached hydrogens (tertiary/aromatic N) is 4. The van der Waals surface area contributed by atoms with Gasteiger partial charge in [0.25, 0.3) is 5.91 Å². The Morgan fingerprint density at radius 3 is 2.97 bits per heavy atom. The van der Waals surface area contributed by atoms with Crippen LogP contribution in [-0.2, 0) is 11.2 Å². The van der Waals surface area contributed by atoms with E-state index in [0.717, 1.165) is 22.7 Å². The molecule has 0 aliphatic carbocycles. The molecule has 2 aliphatic rings. The zero-order chi connectivity index (χ0) is 21.1. The summed E-state index contributed by atoms with van der Waals surface area (Å²) in [4.78, 5) is 15.2. The Balaban J connectivity index is 1.37. The number of carbonyl (C=O) groups is 1. The van der Waals surface area contributed by atoms with Crippen molar-refractivity contribution in [2.24, 2.45) is 10.2 Å². The molecular formula is C22H19N5O2S. The molecule has 0 radical (unpaired) electrons. The summed E-state index contributed by atoms with van der Waals surface area (Å²) in [6, 6.07) is 16.6. The maximum absolute atomic E-state index is 12.8. The fourth-order valence-electron chi connectivity index (χ4n) is 3.40. The van der Waals surface area contributed by atoms with Crippen LogP contribution in [0.15, 0.2) is 58.7 Å². The molecule has 1 N–H and O–H groups in total. The number of hydrogen-bond acceptors (Lipinski definition) is 6. The molecule has 7 nitrogen and oxygen atoms in total. The molecule has 0 unspecified atom stereocenters. The molecule has 0 bridgehead atoms. The van der Waals surface area contributed by atoms with E-state index in [1.807, 2.05) is 54.4 Å². The van der Waals surface area contributed by atoms with Crippen molar-refractivity contribution in [3.63, 3.8) is 0 Å². The summed E-state index contributed by atoms with van der Waals surface area (Å²) < 4.78 is 5.85. The first-order valence-corrected chi connectivity index (χ1v) is 9.87. The number of ether oxygens (including phenoxy) is 1. The third kappa shape index (κ3) is 4.07. The molecular weight excluding hydrogens is 398 g/mol. The molecule has 2 aliphatic heterocycles. The lowest BCUT2D eigenvalue weighted by Gasteiger charge is -2.23.